The number of nitrogens with zero attached hydrogens (tertiary/aromatic N) is 2. The van der Waals surface area contributed by atoms with E-state index in [0.29, 0.717) is 11.8 Å². The maximum absolute atomic E-state index is 6.01. The predicted octanol–water partition coefficient (Wildman–Crippen LogP) is 9.62. The summed E-state index contributed by atoms with van der Waals surface area (Å²) in [5.41, 5.74) is 6.90. The molecular weight excluding hydrogens is 440 g/mol. The van der Waals surface area contributed by atoms with Crippen LogP contribution < -0.4 is 0 Å². The third-order valence-electron chi connectivity index (χ3n) is 7.47. The van der Waals surface area contributed by atoms with Gasteiger partial charge in [-0.3, -0.25) is 0 Å². The molecule has 0 radical (unpaired) electrons. The van der Waals surface area contributed by atoms with E-state index in [9.17, 15) is 0 Å². The lowest BCUT2D eigenvalue weighted by Crippen LogP contribution is -2.10. The maximum atomic E-state index is 6.01. The number of para-hydroxylation sites is 1. The first-order valence-corrected chi connectivity index (χ1v) is 13.5. The SMILES string of the molecule is CCCCC(CC)Cn1c2ccccc2c2cc(C=Cc3nc4cc(C(C)(C)C)ccc4o3)ccc21. The molecule has 2 heterocycles. The number of oxazole rings is 1. The third kappa shape index (κ3) is 4.84. The highest BCUT2D eigenvalue weighted by atomic mass is 16.3. The van der Waals surface area contributed by atoms with Gasteiger partial charge in [0.2, 0.25) is 5.89 Å². The first-order chi connectivity index (χ1) is 17.4. The summed E-state index contributed by atoms with van der Waals surface area (Å²) < 4.78 is 8.54. The van der Waals surface area contributed by atoms with Crippen LogP contribution in [0.1, 0.15) is 77.3 Å². The van der Waals surface area contributed by atoms with Gasteiger partial charge in [-0.25, -0.2) is 4.98 Å². The fraction of sp³-hybridized carbons (Fsp3) is 0.364. The number of unbranched alkanes of at least 4 members (excludes halogenated alkanes) is 1. The lowest BCUT2D eigenvalue weighted by molar-refractivity contribution is 0.401. The van der Waals surface area contributed by atoms with Crippen molar-refractivity contribution in [2.75, 3.05) is 0 Å². The average molecular weight is 479 g/mol. The van der Waals surface area contributed by atoms with Crippen molar-refractivity contribution in [1.82, 2.24) is 9.55 Å². The minimum atomic E-state index is 0.0882. The van der Waals surface area contributed by atoms with Crippen molar-refractivity contribution in [1.29, 1.82) is 0 Å². The van der Waals surface area contributed by atoms with E-state index in [2.05, 4.69) is 99.9 Å². The Morgan fingerprint density at radius 2 is 1.72 bits per heavy atom. The van der Waals surface area contributed by atoms with Crippen LogP contribution in [-0.4, -0.2) is 9.55 Å². The molecule has 3 heteroatoms. The number of fused-ring (bicyclic) bond motifs is 4. The molecule has 0 aliphatic rings. The van der Waals surface area contributed by atoms with E-state index in [4.69, 9.17) is 9.40 Å². The summed E-state index contributed by atoms with van der Waals surface area (Å²) >= 11 is 0. The molecule has 0 aliphatic carbocycles. The highest BCUT2D eigenvalue weighted by Gasteiger charge is 2.16. The molecule has 3 nitrogen and oxygen atoms in total. The molecule has 0 spiro atoms. The average Bonchev–Trinajstić information content (AvgIpc) is 3.42. The molecule has 36 heavy (non-hydrogen) atoms. The van der Waals surface area contributed by atoms with E-state index in [-0.39, 0.29) is 5.41 Å². The van der Waals surface area contributed by atoms with Gasteiger partial charge in [-0.05, 0) is 65.3 Å². The monoisotopic (exact) mass is 478 g/mol. The van der Waals surface area contributed by atoms with Gasteiger partial charge in [-0.1, -0.05) is 84.2 Å². The minimum Gasteiger partial charge on any atom is -0.437 e. The number of hydrogen-bond donors (Lipinski definition) is 0. The van der Waals surface area contributed by atoms with Crippen LogP contribution in [0.4, 0.5) is 0 Å². The molecule has 0 saturated carbocycles. The lowest BCUT2D eigenvalue weighted by atomic mass is 9.87. The van der Waals surface area contributed by atoms with Gasteiger partial charge in [0.05, 0.1) is 0 Å². The van der Waals surface area contributed by atoms with E-state index in [1.807, 2.05) is 12.1 Å². The molecule has 0 N–H and O–H groups in total. The number of hydrogen-bond acceptors (Lipinski definition) is 2. The van der Waals surface area contributed by atoms with Gasteiger partial charge in [0.15, 0.2) is 5.58 Å². The van der Waals surface area contributed by atoms with E-state index >= 15 is 0 Å². The van der Waals surface area contributed by atoms with Crippen molar-refractivity contribution in [3.05, 3.63) is 77.7 Å². The second kappa shape index (κ2) is 9.97. The smallest absolute Gasteiger partial charge is 0.220 e. The van der Waals surface area contributed by atoms with Crippen LogP contribution in [0.3, 0.4) is 0 Å². The molecule has 5 aromatic rings. The molecule has 1 atom stereocenters. The molecule has 0 bridgehead atoms. The summed E-state index contributed by atoms with van der Waals surface area (Å²) in [5, 5.41) is 2.63. The van der Waals surface area contributed by atoms with E-state index in [1.54, 1.807) is 0 Å². The van der Waals surface area contributed by atoms with Crippen molar-refractivity contribution < 1.29 is 4.42 Å². The van der Waals surface area contributed by atoms with Crippen molar-refractivity contribution in [2.45, 2.75) is 72.3 Å². The molecular formula is C33H38N2O. The lowest BCUT2D eigenvalue weighted by Gasteiger charge is -2.18. The minimum absolute atomic E-state index is 0.0882. The second-order valence-corrected chi connectivity index (χ2v) is 11.1. The number of rotatable bonds is 8. The van der Waals surface area contributed by atoms with Crippen molar-refractivity contribution in [3.63, 3.8) is 0 Å². The van der Waals surface area contributed by atoms with Crippen LogP contribution in [0.15, 0.2) is 65.1 Å². The second-order valence-electron chi connectivity index (χ2n) is 11.1. The molecule has 0 saturated heterocycles. The largest absolute Gasteiger partial charge is 0.437 e. The Bertz CT molecular complexity index is 1530. The summed E-state index contributed by atoms with van der Waals surface area (Å²) in [4.78, 5) is 4.73. The molecule has 1 unspecified atom stereocenters. The first-order valence-electron chi connectivity index (χ1n) is 13.5. The quantitative estimate of drug-likeness (QED) is 0.222. The van der Waals surface area contributed by atoms with Gasteiger partial charge in [-0.15, -0.1) is 0 Å². The van der Waals surface area contributed by atoms with Crippen LogP contribution in [0.5, 0.6) is 0 Å². The Morgan fingerprint density at radius 3 is 2.50 bits per heavy atom. The van der Waals surface area contributed by atoms with E-state index < -0.39 is 0 Å². The number of aromatic nitrogens is 2. The molecule has 0 aliphatic heterocycles. The summed E-state index contributed by atoms with van der Waals surface area (Å²) in [5.74, 6) is 1.35. The molecule has 0 amide bonds. The normalized spacial score (nSPS) is 13.5. The maximum Gasteiger partial charge on any atom is 0.220 e. The standard InChI is InChI=1S/C33H38N2O/c1-6-8-11-23(7-2)22-35-29-13-10-9-12-26(29)27-20-24(14-17-30(27)35)15-19-32-34-28-21-25(33(3,4)5)16-18-31(28)36-32/h9-10,12-21,23H,6-8,11,22H2,1-5H3. The first kappa shape index (κ1) is 24.4. The Morgan fingerprint density at radius 1 is 0.917 bits per heavy atom. The predicted molar refractivity (Wildman–Crippen MR) is 154 cm³/mol. The summed E-state index contributed by atoms with van der Waals surface area (Å²) in [6, 6.07) is 21.9. The Kier molecular flexibility index (Phi) is 6.75. The molecule has 0 fully saturated rings. The van der Waals surface area contributed by atoms with Gasteiger partial charge < -0.3 is 8.98 Å². The Balaban J connectivity index is 1.48. The zero-order valence-corrected chi connectivity index (χ0v) is 22.3. The third-order valence-corrected chi connectivity index (χ3v) is 7.47. The fourth-order valence-electron chi connectivity index (χ4n) is 5.20. The highest BCUT2D eigenvalue weighted by Crippen LogP contribution is 2.32. The fourth-order valence-corrected chi connectivity index (χ4v) is 5.20. The van der Waals surface area contributed by atoms with Gasteiger partial charge in [0.1, 0.15) is 5.52 Å². The van der Waals surface area contributed by atoms with Crippen LogP contribution >= 0.6 is 0 Å². The van der Waals surface area contributed by atoms with Crippen LogP contribution in [-0.2, 0) is 12.0 Å². The van der Waals surface area contributed by atoms with Gasteiger partial charge in [-0.2, -0.15) is 0 Å². The van der Waals surface area contributed by atoms with Crippen LogP contribution in [0.25, 0.3) is 45.1 Å². The molecule has 5 rings (SSSR count). The van der Waals surface area contributed by atoms with Crippen LogP contribution in [0.2, 0.25) is 0 Å². The van der Waals surface area contributed by atoms with E-state index in [0.717, 1.165) is 23.2 Å². The van der Waals surface area contributed by atoms with E-state index in [1.165, 1.54) is 53.1 Å². The van der Waals surface area contributed by atoms with Gasteiger partial charge in [0.25, 0.3) is 0 Å². The van der Waals surface area contributed by atoms with Crippen molar-refractivity contribution >= 4 is 45.1 Å². The molecule has 3 aromatic carbocycles. The summed E-state index contributed by atoms with van der Waals surface area (Å²) in [6.07, 6.45) is 9.17. The highest BCUT2D eigenvalue weighted by molar-refractivity contribution is 6.08. The summed E-state index contributed by atoms with van der Waals surface area (Å²) in [6.45, 7) is 12.3. The topological polar surface area (TPSA) is 31.0 Å². The van der Waals surface area contributed by atoms with Gasteiger partial charge in [0, 0.05) is 34.4 Å². The van der Waals surface area contributed by atoms with Gasteiger partial charge >= 0.3 is 0 Å². The van der Waals surface area contributed by atoms with Crippen molar-refractivity contribution in [3.8, 4) is 0 Å². The number of benzene rings is 3. The van der Waals surface area contributed by atoms with Crippen molar-refractivity contribution in [2.24, 2.45) is 5.92 Å². The molecule has 2 aromatic heterocycles. The zero-order valence-electron chi connectivity index (χ0n) is 22.3. The molecule has 186 valence electrons. The zero-order chi connectivity index (χ0) is 25.3. The summed E-state index contributed by atoms with van der Waals surface area (Å²) in [7, 11) is 0. The Hall–Kier alpha value is -3.33. The van der Waals surface area contributed by atoms with Crippen LogP contribution in [0, 0.1) is 5.92 Å². The Labute approximate surface area is 214 Å².